The highest BCUT2D eigenvalue weighted by Gasteiger charge is 2.13. The summed E-state index contributed by atoms with van der Waals surface area (Å²) in [6, 6.07) is 11.3. The van der Waals surface area contributed by atoms with E-state index in [0.717, 1.165) is 50.6 Å². The molecule has 1 amide bonds. The summed E-state index contributed by atoms with van der Waals surface area (Å²) >= 11 is 0. The number of carbonyl (C=O) groups excluding carboxylic acids is 1. The van der Waals surface area contributed by atoms with Gasteiger partial charge in [-0.25, -0.2) is 0 Å². The average Bonchev–Trinajstić information content (AvgIpc) is 2.69. The number of nitrogens with one attached hydrogen (secondary N) is 2. The molecule has 0 radical (unpaired) electrons. The van der Waals surface area contributed by atoms with Crippen LogP contribution in [0.3, 0.4) is 0 Å². The number of hydrogen-bond acceptors (Lipinski definition) is 6. The van der Waals surface area contributed by atoms with Crippen molar-refractivity contribution in [3.05, 3.63) is 47.7 Å². The maximum absolute atomic E-state index is 12.5. The van der Waals surface area contributed by atoms with Crippen LogP contribution >= 0.6 is 0 Å². The maximum atomic E-state index is 12.5. The van der Waals surface area contributed by atoms with Crippen molar-refractivity contribution in [1.82, 2.24) is 15.1 Å². The molecule has 0 unspecified atom stereocenters. The first kappa shape index (κ1) is 19.3. The van der Waals surface area contributed by atoms with Gasteiger partial charge in [0, 0.05) is 31.9 Å². The molecule has 1 aromatic heterocycles. The number of carbonyl (C=O) groups is 1. The predicted octanol–water partition coefficient (Wildman–Crippen LogP) is 2.60. The Hall–Kier alpha value is -2.51. The van der Waals surface area contributed by atoms with E-state index in [4.69, 9.17) is 4.74 Å². The Morgan fingerprint density at radius 2 is 1.93 bits per heavy atom. The molecule has 1 fully saturated rings. The van der Waals surface area contributed by atoms with Gasteiger partial charge < -0.3 is 15.4 Å². The molecule has 1 aromatic carbocycles. The van der Waals surface area contributed by atoms with Crippen LogP contribution in [0.4, 0.5) is 11.5 Å². The molecule has 0 spiro atoms. The van der Waals surface area contributed by atoms with E-state index in [-0.39, 0.29) is 5.91 Å². The van der Waals surface area contributed by atoms with E-state index in [9.17, 15) is 4.79 Å². The van der Waals surface area contributed by atoms with E-state index in [0.29, 0.717) is 17.4 Å². The Labute approximate surface area is 160 Å². The lowest BCUT2D eigenvalue weighted by atomic mass is 10.0. The van der Waals surface area contributed by atoms with E-state index in [1.807, 2.05) is 24.3 Å². The van der Waals surface area contributed by atoms with Crippen LogP contribution in [-0.4, -0.2) is 60.4 Å². The summed E-state index contributed by atoms with van der Waals surface area (Å²) in [5.41, 5.74) is 2.21. The van der Waals surface area contributed by atoms with Crippen molar-refractivity contribution in [3.63, 3.8) is 0 Å². The number of aromatic nitrogens is 2. The lowest BCUT2D eigenvalue weighted by molar-refractivity contribution is 0.0398. The molecule has 2 aromatic rings. The second kappa shape index (κ2) is 9.43. The first-order valence-corrected chi connectivity index (χ1v) is 9.41. The molecule has 7 nitrogen and oxygen atoms in total. The second-order valence-corrected chi connectivity index (χ2v) is 6.88. The molecule has 1 aliphatic heterocycles. The number of benzene rings is 1. The van der Waals surface area contributed by atoms with Crippen LogP contribution in [0.25, 0.3) is 0 Å². The van der Waals surface area contributed by atoms with E-state index >= 15 is 0 Å². The molecular weight excluding hydrogens is 342 g/mol. The largest absolute Gasteiger partial charge is 0.379 e. The fraction of sp³-hybridized carbons (Fsp3) is 0.450. The Morgan fingerprint density at radius 3 is 2.63 bits per heavy atom. The van der Waals surface area contributed by atoms with Gasteiger partial charge in [-0.2, -0.15) is 0 Å². The first-order chi connectivity index (χ1) is 13.1. The minimum atomic E-state index is -0.254. The van der Waals surface area contributed by atoms with E-state index < -0.39 is 0 Å². The third-order valence-electron chi connectivity index (χ3n) is 4.57. The van der Waals surface area contributed by atoms with E-state index in [2.05, 4.69) is 39.6 Å². The number of morpholine rings is 1. The number of amides is 1. The van der Waals surface area contributed by atoms with Crippen molar-refractivity contribution >= 4 is 17.4 Å². The van der Waals surface area contributed by atoms with Crippen molar-refractivity contribution in [2.45, 2.75) is 19.8 Å². The average molecular weight is 369 g/mol. The Morgan fingerprint density at radius 1 is 1.15 bits per heavy atom. The number of hydrogen-bond donors (Lipinski definition) is 2. The van der Waals surface area contributed by atoms with Gasteiger partial charge in [-0.3, -0.25) is 9.69 Å². The van der Waals surface area contributed by atoms with Crippen molar-refractivity contribution in [2.24, 2.45) is 0 Å². The van der Waals surface area contributed by atoms with Gasteiger partial charge in [0.15, 0.2) is 5.69 Å². The molecule has 0 atom stereocenters. The molecule has 0 aliphatic carbocycles. The van der Waals surface area contributed by atoms with E-state index in [1.54, 1.807) is 12.1 Å². The zero-order valence-electron chi connectivity index (χ0n) is 15.9. The molecule has 2 N–H and O–H groups in total. The van der Waals surface area contributed by atoms with Gasteiger partial charge >= 0.3 is 0 Å². The second-order valence-electron chi connectivity index (χ2n) is 6.88. The van der Waals surface area contributed by atoms with Crippen LogP contribution in [0.2, 0.25) is 0 Å². The van der Waals surface area contributed by atoms with Crippen LogP contribution in [0, 0.1) is 0 Å². The van der Waals surface area contributed by atoms with Crippen LogP contribution in [-0.2, 0) is 4.74 Å². The molecule has 2 heterocycles. The number of nitrogens with zero attached hydrogens (tertiary/aromatic N) is 3. The smallest absolute Gasteiger partial charge is 0.276 e. The normalized spacial score (nSPS) is 14.9. The Kier molecular flexibility index (Phi) is 6.73. The molecule has 0 bridgehead atoms. The summed E-state index contributed by atoms with van der Waals surface area (Å²) in [7, 11) is 0. The van der Waals surface area contributed by atoms with Gasteiger partial charge in [0.1, 0.15) is 5.82 Å². The molecule has 7 heteroatoms. The SMILES string of the molecule is CC(C)c1ccccc1NC(=O)c1ccc(NCCN2CCOCC2)nn1. The third-order valence-corrected chi connectivity index (χ3v) is 4.57. The van der Waals surface area contributed by atoms with Crippen LogP contribution < -0.4 is 10.6 Å². The maximum Gasteiger partial charge on any atom is 0.276 e. The van der Waals surface area contributed by atoms with Crippen LogP contribution in [0.5, 0.6) is 0 Å². The zero-order chi connectivity index (χ0) is 19.1. The Bertz CT molecular complexity index is 742. The molecule has 1 saturated heterocycles. The molecular formula is C20H27N5O2. The number of para-hydroxylation sites is 1. The van der Waals surface area contributed by atoms with Gasteiger partial charge in [0.05, 0.1) is 13.2 Å². The minimum Gasteiger partial charge on any atom is -0.379 e. The minimum absolute atomic E-state index is 0.254. The number of ether oxygens (including phenoxy) is 1. The third kappa shape index (κ3) is 5.48. The van der Waals surface area contributed by atoms with Gasteiger partial charge in [0.25, 0.3) is 5.91 Å². The topological polar surface area (TPSA) is 79.4 Å². The summed E-state index contributed by atoms with van der Waals surface area (Å²) in [5.74, 6) is 0.739. The molecule has 0 saturated carbocycles. The highest BCUT2D eigenvalue weighted by Crippen LogP contribution is 2.24. The highest BCUT2D eigenvalue weighted by atomic mass is 16.5. The molecule has 1 aliphatic rings. The number of anilines is 2. The molecule has 144 valence electrons. The standard InChI is InChI=1S/C20H27N5O2/c1-15(2)16-5-3-4-6-17(16)22-20(26)18-7-8-19(24-23-18)21-9-10-25-11-13-27-14-12-25/h3-8,15H,9-14H2,1-2H3,(H,21,24)(H,22,26). The van der Waals surface area contributed by atoms with E-state index in [1.165, 1.54) is 0 Å². The summed E-state index contributed by atoms with van der Waals surface area (Å²) < 4.78 is 5.34. The van der Waals surface area contributed by atoms with Gasteiger partial charge in [0.2, 0.25) is 0 Å². The van der Waals surface area contributed by atoms with Crippen LogP contribution in [0.15, 0.2) is 36.4 Å². The zero-order valence-corrected chi connectivity index (χ0v) is 15.9. The van der Waals surface area contributed by atoms with Crippen molar-refractivity contribution in [1.29, 1.82) is 0 Å². The number of rotatable bonds is 7. The highest BCUT2D eigenvalue weighted by molar-refractivity contribution is 6.03. The quantitative estimate of drug-likeness (QED) is 0.781. The lowest BCUT2D eigenvalue weighted by Crippen LogP contribution is -2.39. The van der Waals surface area contributed by atoms with Crippen LogP contribution in [0.1, 0.15) is 35.8 Å². The van der Waals surface area contributed by atoms with Crippen molar-refractivity contribution in [2.75, 3.05) is 50.0 Å². The van der Waals surface area contributed by atoms with Crippen molar-refractivity contribution in [3.8, 4) is 0 Å². The fourth-order valence-corrected chi connectivity index (χ4v) is 3.02. The Balaban J connectivity index is 1.53. The fourth-order valence-electron chi connectivity index (χ4n) is 3.02. The predicted molar refractivity (Wildman–Crippen MR) is 106 cm³/mol. The summed E-state index contributed by atoms with van der Waals surface area (Å²) in [6.07, 6.45) is 0. The monoisotopic (exact) mass is 369 g/mol. The molecule has 3 rings (SSSR count). The van der Waals surface area contributed by atoms with Gasteiger partial charge in [-0.05, 0) is 29.7 Å². The first-order valence-electron chi connectivity index (χ1n) is 9.41. The molecule has 27 heavy (non-hydrogen) atoms. The summed E-state index contributed by atoms with van der Waals surface area (Å²) in [4.78, 5) is 14.8. The van der Waals surface area contributed by atoms with Gasteiger partial charge in [-0.1, -0.05) is 32.0 Å². The summed E-state index contributed by atoms with van der Waals surface area (Å²) in [6.45, 7) is 9.42. The van der Waals surface area contributed by atoms with Gasteiger partial charge in [-0.15, -0.1) is 10.2 Å². The summed E-state index contributed by atoms with van der Waals surface area (Å²) in [5, 5.41) is 14.4. The van der Waals surface area contributed by atoms with Crippen molar-refractivity contribution < 1.29 is 9.53 Å². The lowest BCUT2D eigenvalue weighted by Gasteiger charge is -2.26.